The molecule has 0 aromatic carbocycles. The van der Waals surface area contributed by atoms with Crippen molar-refractivity contribution in [1.82, 2.24) is 4.90 Å². The Kier molecular flexibility index (Phi) is 9.36. The first-order valence-corrected chi connectivity index (χ1v) is 17.0. The van der Waals surface area contributed by atoms with Gasteiger partial charge in [-0.15, -0.1) is 0 Å². The number of aliphatic hydroxyl groups excluding tert-OH is 2. The lowest BCUT2D eigenvalue weighted by Crippen LogP contribution is -2.62. The first kappa shape index (κ1) is 31.1. The maximum atomic E-state index is 12.8. The Morgan fingerprint density at radius 2 is 1.59 bits per heavy atom. The summed E-state index contributed by atoms with van der Waals surface area (Å²) in [6.07, 6.45) is 10.1. The second-order valence-electron chi connectivity index (χ2n) is 15.0. The van der Waals surface area contributed by atoms with Gasteiger partial charge in [0, 0.05) is 13.1 Å². The highest BCUT2D eigenvalue weighted by molar-refractivity contribution is 5.73. The number of hydrogen-bond donors (Lipinski definition) is 2. The number of carbonyl (C=O) groups excluding carboxylic acids is 2. The molecule has 1 saturated heterocycles. The standard InChI is InChI=1S/C34H57NO6/c1-6-24-28-20-23(36)10-15-34(28,5)27-11-16-33(4)25(8-9-26(33)29(27)30(24)37)21(3)14-19-41-32(39)35-17-12-22(13-18-35)31(38)40-7-2/h21-30,36-37H,6-20H2,1-5H3/t21-,23-,24-,25-,26?,27?,28?,29+,30-,33-,34-/m1/s1. The van der Waals surface area contributed by atoms with Gasteiger partial charge >= 0.3 is 12.1 Å². The lowest BCUT2D eigenvalue weighted by Gasteiger charge is -2.64. The summed E-state index contributed by atoms with van der Waals surface area (Å²) in [5, 5.41) is 22.5. The summed E-state index contributed by atoms with van der Waals surface area (Å²) in [6.45, 7) is 13.3. The lowest BCUT2D eigenvalue weighted by molar-refractivity contribution is -0.203. The van der Waals surface area contributed by atoms with Crippen LogP contribution in [0.5, 0.6) is 0 Å². The van der Waals surface area contributed by atoms with E-state index in [9.17, 15) is 19.8 Å². The van der Waals surface area contributed by atoms with Crippen LogP contribution in [0.15, 0.2) is 0 Å². The van der Waals surface area contributed by atoms with Crippen molar-refractivity contribution in [2.45, 2.75) is 117 Å². The van der Waals surface area contributed by atoms with Crippen LogP contribution in [0, 0.1) is 58.2 Å². The van der Waals surface area contributed by atoms with Crippen LogP contribution in [0.3, 0.4) is 0 Å². The number of nitrogens with zero attached hydrogens (tertiary/aromatic N) is 1. The number of esters is 1. The van der Waals surface area contributed by atoms with Gasteiger partial charge in [0.1, 0.15) is 0 Å². The molecule has 0 aromatic rings. The fraction of sp³-hybridized carbons (Fsp3) is 0.941. The van der Waals surface area contributed by atoms with E-state index in [1.807, 2.05) is 6.92 Å². The molecule has 0 aromatic heterocycles. The number of carbonyl (C=O) groups is 2. The van der Waals surface area contributed by atoms with Gasteiger partial charge in [-0.3, -0.25) is 4.79 Å². The zero-order chi connectivity index (χ0) is 29.5. The van der Waals surface area contributed by atoms with E-state index < -0.39 is 0 Å². The molecule has 1 amide bonds. The second kappa shape index (κ2) is 12.3. The predicted molar refractivity (Wildman–Crippen MR) is 158 cm³/mol. The average Bonchev–Trinajstić information content (AvgIpc) is 3.31. The average molecular weight is 576 g/mol. The van der Waals surface area contributed by atoms with Crippen molar-refractivity contribution in [1.29, 1.82) is 0 Å². The van der Waals surface area contributed by atoms with Crippen molar-refractivity contribution in [3.8, 4) is 0 Å². The van der Waals surface area contributed by atoms with Gasteiger partial charge in [0.2, 0.25) is 0 Å². The smallest absolute Gasteiger partial charge is 0.409 e. The minimum Gasteiger partial charge on any atom is -0.466 e. The van der Waals surface area contributed by atoms with Crippen LogP contribution in [-0.4, -0.2) is 65.7 Å². The summed E-state index contributed by atoms with van der Waals surface area (Å²) < 4.78 is 10.9. The van der Waals surface area contributed by atoms with Crippen LogP contribution in [0.2, 0.25) is 0 Å². The minimum absolute atomic E-state index is 0.112. The molecule has 0 spiro atoms. The summed E-state index contributed by atoms with van der Waals surface area (Å²) in [6, 6.07) is 0. The van der Waals surface area contributed by atoms with E-state index >= 15 is 0 Å². The summed E-state index contributed by atoms with van der Waals surface area (Å²) in [7, 11) is 0. The summed E-state index contributed by atoms with van der Waals surface area (Å²) in [5.74, 6) is 2.96. The Balaban J connectivity index is 1.17. The first-order chi connectivity index (χ1) is 19.5. The van der Waals surface area contributed by atoms with Gasteiger partial charge < -0.3 is 24.6 Å². The van der Waals surface area contributed by atoms with Crippen molar-refractivity contribution in [2.75, 3.05) is 26.3 Å². The molecule has 0 radical (unpaired) electrons. The SMILES string of the molecule is CCOC(=O)C1CCN(C(=O)OCC[C@@H](C)[C@H]2CCC3[C@H]4C(CC[C@@]32C)[C@@]2(C)CC[C@@H](O)CC2[C@@H](CC)[C@H]4O)CC1. The Bertz CT molecular complexity index is 934. The Labute approximate surface area is 248 Å². The molecular formula is C34H57NO6. The number of likely N-dealkylation sites (tertiary alicyclic amines) is 1. The molecule has 0 bridgehead atoms. The fourth-order valence-corrected chi connectivity index (χ4v) is 11.1. The number of piperidine rings is 1. The molecule has 11 atom stereocenters. The van der Waals surface area contributed by atoms with E-state index in [0.29, 0.717) is 74.7 Å². The Hall–Kier alpha value is -1.34. The van der Waals surface area contributed by atoms with Gasteiger partial charge in [0.05, 0.1) is 31.3 Å². The molecule has 7 heteroatoms. The van der Waals surface area contributed by atoms with Crippen molar-refractivity contribution in [3.63, 3.8) is 0 Å². The van der Waals surface area contributed by atoms with Crippen LogP contribution < -0.4 is 0 Å². The first-order valence-electron chi connectivity index (χ1n) is 17.0. The van der Waals surface area contributed by atoms with Crippen molar-refractivity contribution in [2.24, 2.45) is 58.2 Å². The quantitative estimate of drug-likeness (QED) is 0.359. The number of ether oxygens (including phenoxy) is 2. The summed E-state index contributed by atoms with van der Waals surface area (Å²) in [5.41, 5.74) is 0.448. The third-order valence-corrected chi connectivity index (χ3v) is 13.3. The van der Waals surface area contributed by atoms with Crippen LogP contribution >= 0.6 is 0 Å². The van der Waals surface area contributed by atoms with E-state index in [-0.39, 0.29) is 46.9 Å². The number of amides is 1. The maximum absolute atomic E-state index is 12.8. The van der Waals surface area contributed by atoms with E-state index in [2.05, 4.69) is 27.7 Å². The highest BCUT2D eigenvalue weighted by Gasteiger charge is 2.64. The summed E-state index contributed by atoms with van der Waals surface area (Å²) >= 11 is 0. The molecule has 4 aliphatic carbocycles. The monoisotopic (exact) mass is 575 g/mol. The zero-order valence-electron chi connectivity index (χ0n) is 26.4. The second-order valence-corrected chi connectivity index (χ2v) is 15.0. The van der Waals surface area contributed by atoms with E-state index in [1.54, 1.807) is 4.90 Å². The van der Waals surface area contributed by atoms with Gasteiger partial charge in [-0.25, -0.2) is 4.79 Å². The van der Waals surface area contributed by atoms with Gasteiger partial charge in [-0.05, 0) is 123 Å². The van der Waals surface area contributed by atoms with Crippen LogP contribution in [0.1, 0.15) is 105 Å². The van der Waals surface area contributed by atoms with E-state index in [1.165, 1.54) is 25.7 Å². The molecule has 4 saturated carbocycles. The van der Waals surface area contributed by atoms with Crippen molar-refractivity contribution >= 4 is 12.1 Å². The highest BCUT2D eigenvalue weighted by Crippen LogP contribution is 2.69. The molecule has 1 heterocycles. The van der Waals surface area contributed by atoms with Gasteiger partial charge in [0.15, 0.2) is 0 Å². The molecule has 234 valence electrons. The van der Waals surface area contributed by atoms with E-state index in [4.69, 9.17) is 9.47 Å². The van der Waals surface area contributed by atoms with Gasteiger partial charge in [0.25, 0.3) is 0 Å². The van der Waals surface area contributed by atoms with Crippen molar-refractivity contribution in [3.05, 3.63) is 0 Å². The van der Waals surface area contributed by atoms with Crippen molar-refractivity contribution < 1.29 is 29.3 Å². The maximum Gasteiger partial charge on any atom is 0.409 e. The van der Waals surface area contributed by atoms with Gasteiger partial charge in [-0.2, -0.15) is 0 Å². The Morgan fingerprint density at radius 3 is 2.27 bits per heavy atom. The van der Waals surface area contributed by atoms with Crippen LogP contribution in [-0.2, 0) is 14.3 Å². The molecule has 3 unspecified atom stereocenters. The van der Waals surface area contributed by atoms with Crippen LogP contribution in [0.4, 0.5) is 4.79 Å². The number of fused-ring (bicyclic) bond motifs is 5. The molecular weight excluding hydrogens is 518 g/mol. The molecule has 5 fully saturated rings. The molecule has 41 heavy (non-hydrogen) atoms. The minimum atomic E-state index is -0.263. The fourth-order valence-electron chi connectivity index (χ4n) is 11.1. The number of hydrogen-bond acceptors (Lipinski definition) is 6. The third-order valence-electron chi connectivity index (χ3n) is 13.3. The molecule has 2 N–H and O–H groups in total. The summed E-state index contributed by atoms with van der Waals surface area (Å²) in [4.78, 5) is 26.5. The predicted octanol–water partition coefficient (Wildman–Crippen LogP) is 6.05. The van der Waals surface area contributed by atoms with Crippen LogP contribution in [0.25, 0.3) is 0 Å². The van der Waals surface area contributed by atoms with Gasteiger partial charge in [-0.1, -0.05) is 34.1 Å². The molecule has 1 aliphatic heterocycles. The zero-order valence-corrected chi connectivity index (χ0v) is 26.4. The third kappa shape index (κ3) is 5.56. The molecule has 5 aliphatic rings. The number of rotatable bonds is 7. The Morgan fingerprint density at radius 1 is 0.902 bits per heavy atom. The van der Waals surface area contributed by atoms with E-state index in [0.717, 1.165) is 32.1 Å². The highest BCUT2D eigenvalue weighted by atomic mass is 16.6. The topological polar surface area (TPSA) is 96.3 Å². The molecule has 7 nitrogen and oxygen atoms in total. The lowest BCUT2D eigenvalue weighted by atomic mass is 9.41. The number of aliphatic hydroxyl groups is 2. The normalized spacial score (nSPS) is 43.4. The largest absolute Gasteiger partial charge is 0.466 e. The molecule has 5 rings (SSSR count).